The fourth-order valence-corrected chi connectivity index (χ4v) is 5.09. The molecule has 3 aromatic carbocycles. The van der Waals surface area contributed by atoms with E-state index in [4.69, 9.17) is 34.8 Å². The number of hydrogen-bond donors (Lipinski definition) is 3. The summed E-state index contributed by atoms with van der Waals surface area (Å²) in [6, 6.07) is 10.8. The van der Waals surface area contributed by atoms with Crippen LogP contribution in [0.25, 0.3) is 22.2 Å². The molecule has 12 heteroatoms. The first kappa shape index (κ1) is 22.3. The summed E-state index contributed by atoms with van der Waals surface area (Å²) in [5, 5.41) is -0.0514. The lowest BCUT2D eigenvalue weighted by atomic mass is 10.1. The molecule has 0 unspecified atom stereocenters. The Kier molecular flexibility index (Phi) is 5.76. The van der Waals surface area contributed by atoms with Gasteiger partial charge in [-0.25, -0.2) is 12.8 Å². The van der Waals surface area contributed by atoms with E-state index < -0.39 is 27.0 Å². The number of aromatic nitrogens is 2. The van der Waals surface area contributed by atoms with E-state index in [-0.39, 0.29) is 36.7 Å². The van der Waals surface area contributed by atoms with Crippen molar-refractivity contribution in [2.45, 2.75) is 4.90 Å². The van der Waals surface area contributed by atoms with Crippen molar-refractivity contribution in [3.8, 4) is 11.1 Å². The summed E-state index contributed by atoms with van der Waals surface area (Å²) in [6.45, 7) is 0. The third-order valence-corrected chi connectivity index (χ3v) is 6.96. The maximum atomic E-state index is 13.4. The maximum absolute atomic E-state index is 13.4. The second-order valence-electron chi connectivity index (χ2n) is 6.67. The fraction of sp³-hybridized carbons (Fsp3) is 0. The predicted octanol–water partition coefficient (Wildman–Crippen LogP) is 4.78. The van der Waals surface area contributed by atoms with Crippen LogP contribution in [0.5, 0.6) is 0 Å². The van der Waals surface area contributed by atoms with Gasteiger partial charge in [-0.05, 0) is 42.0 Å². The van der Waals surface area contributed by atoms with Gasteiger partial charge in [0.1, 0.15) is 10.7 Å². The number of anilines is 1. The van der Waals surface area contributed by atoms with Crippen LogP contribution in [-0.4, -0.2) is 18.4 Å². The minimum atomic E-state index is -4.19. The fourth-order valence-electron chi connectivity index (χ4n) is 3.01. The van der Waals surface area contributed by atoms with Crippen molar-refractivity contribution in [2.75, 3.05) is 4.72 Å². The van der Waals surface area contributed by atoms with Gasteiger partial charge in [-0.1, -0.05) is 46.9 Å². The standard InChI is InChI=1S/C20H11Cl3FN3O4S/c21-12-6-10(2-3-11(12)9-1-4-15(24)13(22)5-9)27-32(30,31)18-8-17-16(7-14(18)23)25-19(28)20(29)26-17/h1-8,27H,(H,25,28)(H,26,29). The second-order valence-corrected chi connectivity index (χ2v) is 9.54. The van der Waals surface area contributed by atoms with Crippen LogP contribution >= 0.6 is 34.8 Å². The normalized spacial score (nSPS) is 11.6. The Morgan fingerprint density at radius 1 is 0.781 bits per heavy atom. The third kappa shape index (κ3) is 4.24. The average molecular weight is 515 g/mol. The zero-order valence-corrected chi connectivity index (χ0v) is 18.8. The van der Waals surface area contributed by atoms with E-state index in [1.54, 1.807) is 6.07 Å². The number of rotatable bonds is 4. The Morgan fingerprint density at radius 3 is 2.06 bits per heavy atom. The van der Waals surface area contributed by atoms with Gasteiger partial charge in [-0.15, -0.1) is 0 Å². The lowest BCUT2D eigenvalue weighted by Crippen LogP contribution is -2.29. The van der Waals surface area contributed by atoms with E-state index in [0.29, 0.717) is 11.1 Å². The summed E-state index contributed by atoms with van der Waals surface area (Å²) in [6.07, 6.45) is 0. The van der Waals surface area contributed by atoms with Gasteiger partial charge in [-0.3, -0.25) is 14.3 Å². The first-order valence-electron chi connectivity index (χ1n) is 8.79. The van der Waals surface area contributed by atoms with Crippen molar-refractivity contribution in [1.29, 1.82) is 0 Å². The van der Waals surface area contributed by atoms with Crippen LogP contribution in [0.15, 0.2) is 63.0 Å². The van der Waals surface area contributed by atoms with Crippen LogP contribution in [-0.2, 0) is 10.0 Å². The van der Waals surface area contributed by atoms with Gasteiger partial charge in [-0.2, -0.15) is 0 Å². The largest absolute Gasteiger partial charge is 0.316 e. The van der Waals surface area contributed by atoms with Crippen LogP contribution < -0.4 is 15.8 Å². The Morgan fingerprint density at radius 2 is 1.44 bits per heavy atom. The second kappa shape index (κ2) is 8.25. The lowest BCUT2D eigenvalue weighted by Gasteiger charge is -2.12. The number of nitrogens with one attached hydrogen (secondary N) is 3. The van der Waals surface area contributed by atoms with E-state index in [2.05, 4.69) is 14.7 Å². The maximum Gasteiger partial charge on any atom is 0.314 e. The summed E-state index contributed by atoms with van der Waals surface area (Å²) in [4.78, 5) is 27.3. The molecule has 0 saturated carbocycles. The molecular formula is C20H11Cl3FN3O4S. The summed E-state index contributed by atoms with van der Waals surface area (Å²) in [5.41, 5.74) is -0.366. The molecule has 0 atom stereocenters. The number of fused-ring (bicyclic) bond motifs is 1. The van der Waals surface area contributed by atoms with Crippen LogP contribution in [0.2, 0.25) is 15.1 Å². The van der Waals surface area contributed by atoms with Gasteiger partial charge < -0.3 is 9.97 Å². The summed E-state index contributed by atoms with van der Waals surface area (Å²) < 4.78 is 41.6. The molecule has 0 radical (unpaired) electrons. The van der Waals surface area contributed by atoms with Crippen molar-refractivity contribution in [3.63, 3.8) is 0 Å². The zero-order chi connectivity index (χ0) is 23.2. The first-order chi connectivity index (χ1) is 15.0. The number of H-pyrrole nitrogens is 2. The SMILES string of the molecule is O=c1[nH]c2cc(Cl)c(S(=O)(=O)Nc3ccc(-c4ccc(F)c(Cl)c4)c(Cl)c3)cc2[nH]c1=O. The molecule has 0 saturated heterocycles. The summed E-state index contributed by atoms with van der Waals surface area (Å²) >= 11 is 18.2. The van der Waals surface area contributed by atoms with Crippen LogP contribution in [0, 0.1) is 5.82 Å². The van der Waals surface area contributed by atoms with Crippen molar-refractivity contribution in [1.82, 2.24) is 9.97 Å². The highest BCUT2D eigenvalue weighted by Crippen LogP contribution is 2.34. The van der Waals surface area contributed by atoms with Crippen molar-refractivity contribution < 1.29 is 12.8 Å². The van der Waals surface area contributed by atoms with Gasteiger partial charge in [0.2, 0.25) is 0 Å². The molecule has 32 heavy (non-hydrogen) atoms. The van der Waals surface area contributed by atoms with E-state index in [1.807, 2.05) is 0 Å². The Hall–Kier alpha value is -2.85. The van der Waals surface area contributed by atoms with Crippen molar-refractivity contribution in [3.05, 3.63) is 90.1 Å². The number of hydrogen-bond acceptors (Lipinski definition) is 4. The smallest absolute Gasteiger partial charge is 0.314 e. The molecule has 0 amide bonds. The Bertz CT molecular complexity index is 1620. The molecule has 1 heterocycles. The molecule has 0 aliphatic heterocycles. The van der Waals surface area contributed by atoms with Crippen LogP contribution in [0.4, 0.5) is 10.1 Å². The van der Waals surface area contributed by atoms with Gasteiger partial charge in [0.05, 0.1) is 31.8 Å². The number of halogens is 4. The van der Waals surface area contributed by atoms with Crippen molar-refractivity contribution >= 4 is 61.5 Å². The monoisotopic (exact) mass is 513 g/mol. The quantitative estimate of drug-likeness (QED) is 0.340. The molecule has 4 rings (SSSR count). The molecule has 0 bridgehead atoms. The highest BCUT2D eigenvalue weighted by atomic mass is 35.5. The molecule has 1 aromatic heterocycles. The van der Waals surface area contributed by atoms with E-state index >= 15 is 0 Å². The van der Waals surface area contributed by atoms with Gasteiger partial charge in [0, 0.05) is 5.56 Å². The van der Waals surface area contributed by atoms with E-state index in [9.17, 15) is 22.4 Å². The molecule has 164 valence electrons. The number of sulfonamides is 1. The molecule has 0 fully saturated rings. The molecule has 0 aliphatic carbocycles. The Balaban J connectivity index is 1.70. The van der Waals surface area contributed by atoms with Crippen LogP contribution in [0.1, 0.15) is 0 Å². The molecule has 4 aromatic rings. The average Bonchev–Trinajstić information content (AvgIpc) is 2.71. The third-order valence-electron chi connectivity index (χ3n) is 4.52. The summed E-state index contributed by atoms with van der Waals surface area (Å²) in [7, 11) is -4.19. The molecule has 0 aliphatic rings. The molecular weight excluding hydrogens is 504 g/mol. The molecule has 7 nitrogen and oxygen atoms in total. The van der Waals surface area contributed by atoms with Gasteiger partial charge in [0.25, 0.3) is 10.0 Å². The summed E-state index contributed by atoms with van der Waals surface area (Å²) in [5.74, 6) is -0.575. The van der Waals surface area contributed by atoms with Gasteiger partial charge >= 0.3 is 11.1 Å². The lowest BCUT2D eigenvalue weighted by molar-refractivity contribution is 0.601. The zero-order valence-electron chi connectivity index (χ0n) is 15.7. The van der Waals surface area contributed by atoms with Crippen molar-refractivity contribution in [2.24, 2.45) is 0 Å². The number of benzene rings is 3. The minimum absolute atomic E-state index is 0.0753. The highest BCUT2D eigenvalue weighted by molar-refractivity contribution is 7.92. The topological polar surface area (TPSA) is 112 Å². The number of aromatic amines is 2. The molecule has 0 spiro atoms. The first-order valence-corrected chi connectivity index (χ1v) is 11.4. The van der Waals surface area contributed by atoms with E-state index in [1.165, 1.54) is 36.4 Å². The van der Waals surface area contributed by atoms with Gasteiger partial charge in [0.15, 0.2) is 0 Å². The highest BCUT2D eigenvalue weighted by Gasteiger charge is 2.20. The van der Waals surface area contributed by atoms with Crippen LogP contribution in [0.3, 0.4) is 0 Å². The molecule has 3 N–H and O–H groups in total. The Labute approximate surface area is 194 Å². The van der Waals surface area contributed by atoms with E-state index in [0.717, 1.165) is 6.07 Å². The predicted molar refractivity (Wildman–Crippen MR) is 123 cm³/mol. The minimum Gasteiger partial charge on any atom is -0.316 e.